The molecule has 0 spiro atoms. The Morgan fingerprint density at radius 2 is 1.89 bits per heavy atom. The van der Waals surface area contributed by atoms with Gasteiger partial charge in [-0.1, -0.05) is 37.5 Å². The number of hydrogen-bond acceptors (Lipinski definition) is 2. The van der Waals surface area contributed by atoms with Crippen molar-refractivity contribution >= 4 is 17.7 Å². The molecule has 3 heteroatoms. The number of amides is 1. The maximum absolute atomic E-state index is 12.1. The molecule has 2 nitrogen and oxygen atoms in total. The van der Waals surface area contributed by atoms with Crippen LogP contribution in [-0.4, -0.2) is 29.6 Å². The molecule has 1 aromatic carbocycles. The number of nitrogens with zero attached hydrogens (tertiary/aromatic N) is 1. The number of rotatable bonds is 4. The molecule has 0 saturated heterocycles. The van der Waals surface area contributed by atoms with Gasteiger partial charge in [0.25, 0.3) is 0 Å². The molecule has 1 aromatic rings. The van der Waals surface area contributed by atoms with Crippen LogP contribution in [0.4, 0.5) is 0 Å². The minimum atomic E-state index is 0.260. The third kappa shape index (κ3) is 3.77. The summed E-state index contributed by atoms with van der Waals surface area (Å²) in [6.45, 7) is 0. The Hall–Kier alpha value is -0.960. The first-order valence-corrected chi connectivity index (χ1v) is 7.69. The predicted molar refractivity (Wildman–Crippen MR) is 76.8 cm³/mol. The first-order valence-electron chi connectivity index (χ1n) is 6.71. The lowest BCUT2D eigenvalue weighted by Crippen LogP contribution is -2.39. The number of carbonyl (C=O) groups excluding carboxylic acids is 1. The number of thioether (sulfide) groups is 1. The van der Waals surface area contributed by atoms with Crippen LogP contribution in [0.15, 0.2) is 35.2 Å². The Balaban J connectivity index is 1.80. The molecule has 0 unspecified atom stereocenters. The van der Waals surface area contributed by atoms with Gasteiger partial charge in [-0.25, -0.2) is 0 Å². The SMILES string of the molecule is CN(C(=O)CSc1ccccc1)C1CCCCC1. The molecule has 18 heavy (non-hydrogen) atoms. The van der Waals surface area contributed by atoms with Gasteiger partial charge in [0, 0.05) is 18.0 Å². The zero-order valence-corrected chi connectivity index (χ0v) is 11.8. The molecule has 1 aliphatic rings. The first-order chi connectivity index (χ1) is 8.77. The van der Waals surface area contributed by atoms with Gasteiger partial charge in [0.15, 0.2) is 0 Å². The van der Waals surface area contributed by atoms with Crippen molar-refractivity contribution in [3.05, 3.63) is 30.3 Å². The molecule has 1 amide bonds. The molecule has 0 aromatic heterocycles. The van der Waals surface area contributed by atoms with Crippen molar-refractivity contribution < 1.29 is 4.79 Å². The second kappa shape index (κ2) is 6.83. The topological polar surface area (TPSA) is 20.3 Å². The quantitative estimate of drug-likeness (QED) is 0.774. The molecule has 0 atom stereocenters. The lowest BCUT2D eigenvalue weighted by atomic mass is 9.94. The van der Waals surface area contributed by atoms with Gasteiger partial charge in [-0.15, -0.1) is 11.8 Å². The normalized spacial score (nSPS) is 16.5. The van der Waals surface area contributed by atoms with E-state index in [1.807, 2.05) is 30.1 Å². The van der Waals surface area contributed by atoms with Crippen LogP contribution in [0.1, 0.15) is 32.1 Å². The standard InChI is InChI=1S/C15H21NOS/c1-16(13-8-4-2-5-9-13)15(17)12-18-14-10-6-3-7-11-14/h3,6-7,10-11,13H,2,4-5,8-9,12H2,1H3. The second-order valence-corrected chi connectivity index (χ2v) is 5.95. The van der Waals surface area contributed by atoms with E-state index in [1.54, 1.807) is 11.8 Å². The van der Waals surface area contributed by atoms with E-state index in [-0.39, 0.29) is 5.91 Å². The number of benzene rings is 1. The van der Waals surface area contributed by atoms with Crippen molar-refractivity contribution in [2.45, 2.75) is 43.0 Å². The average Bonchev–Trinajstić information content (AvgIpc) is 2.46. The van der Waals surface area contributed by atoms with Crippen molar-refractivity contribution in [1.82, 2.24) is 4.90 Å². The number of hydrogen-bond donors (Lipinski definition) is 0. The Morgan fingerprint density at radius 3 is 2.56 bits per heavy atom. The van der Waals surface area contributed by atoms with Crippen molar-refractivity contribution in [2.24, 2.45) is 0 Å². The summed E-state index contributed by atoms with van der Waals surface area (Å²) in [4.78, 5) is 15.3. The molecule has 0 bridgehead atoms. The Morgan fingerprint density at radius 1 is 1.22 bits per heavy atom. The van der Waals surface area contributed by atoms with Gasteiger partial charge in [-0.05, 0) is 25.0 Å². The Labute approximate surface area is 114 Å². The van der Waals surface area contributed by atoms with Crippen LogP contribution in [0.25, 0.3) is 0 Å². The van der Waals surface area contributed by atoms with E-state index in [1.165, 1.54) is 37.0 Å². The fourth-order valence-electron chi connectivity index (χ4n) is 2.44. The van der Waals surface area contributed by atoms with Gasteiger partial charge in [0.2, 0.25) is 5.91 Å². The van der Waals surface area contributed by atoms with E-state index in [0.29, 0.717) is 11.8 Å². The smallest absolute Gasteiger partial charge is 0.232 e. The molecule has 1 saturated carbocycles. The summed E-state index contributed by atoms with van der Waals surface area (Å²) >= 11 is 1.63. The van der Waals surface area contributed by atoms with Crippen LogP contribution >= 0.6 is 11.8 Å². The van der Waals surface area contributed by atoms with Crippen LogP contribution in [0.5, 0.6) is 0 Å². The molecule has 1 aliphatic carbocycles. The summed E-state index contributed by atoms with van der Waals surface area (Å²) in [5.41, 5.74) is 0. The minimum Gasteiger partial charge on any atom is -0.342 e. The van der Waals surface area contributed by atoms with Gasteiger partial charge in [-0.2, -0.15) is 0 Å². The summed E-state index contributed by atoms with van der Waals surface area (Å²) in [5.74, 6) is 0.813. The maximum atomic E-state index is 12.1. The number of carbonyl (C=O) groups is 1. The molecule has 0 N–H and O–H groups in total. The largest absolute Gasteiger partial charge is 0.342 e. The third-order valence-electron chi connectivity index (χ3n) is 3.62. The summed E-state index contributed by atoms with van der Waals surface area (Å²) in [7, 11) is 1.96. The van der Waals surface area contributed by atoms with Crippen molar-refractivity contribution in [3.8, 4) is 0 Å². The zero-order chi connectivity index (χ0) is 12.8. The first kappa shape index (κ1) is 13.5. The third-order valence-corrected chi connectivity index (χ3v) is 4.62. The summed E-state index contributed by atoms with van der Waals surface area (Å²) < 4.78 is 0. The summed E-state index contributed by atoms with van der Waals surface area (Å²) in [6, 6.07) is 10.6. The molecular weight excluding hydrogens is 242 g/mol. The van der Waals surface area contributed by atoms with Crippen LogP contribution in [0.2, 0.25) is 0 Å². The van der Waals surface area contributed by atoms with Gasteiger partial charge in [0.1, 0.15) is 0 Å². The fraction of sp³-hybridized carbons (Fsp3) is 0.533. The van der Waals surface area contributed by atoms with Gasteiger partial charge in [-0.3, -0.25) is 4.79 Å². The highest BCUT2D eigenvalue weighted by atomic mass is 32.2. The lowest BCUT2D eigenvalue weighted by molar-refractivity contribution is -0.129. The summed E-state index contributed by atoms with van der Waals surface area (Å²) in [6.07, 6.45) is 6.23. The molecule has 2 rings (SSSR count). The van der Waals surface area contributed by atoms with E-state index in [9.17, 15) is 4.79 Å². The Kier molecular flexibility index (Phi) is 5.12. The van der Waals surface area contributed by atoms with E-state index in [2.05, 4.69) is 12.1 Å². The predicted octanol–water partition coefficient (Wildman–Crippen LogP) is 3.57. The summed E-state index contributed by atoms with van der Waals surface area (Å²) in [5, 5.41) is 0. The van der Waals surface area contributed by atoms with Crippen molar-refractivity contribution in [3.63, 3.8) is 0 Å². The minimum absolute atomic E-state index is 0.260. The van der Waals surface area contributed by atoms with Crippen LogP contribution in [0, 0.1) is 0 Å². The second-order valence-electron chi connectivity index (χ2n) is 4.90. The molecule has 0 aliphatic heterocycles. The maximum Gasteiger partial charge on any atom is 0.232 e. The molecule has 1 fully saturated rings. The lowest BCUT2D eigenvalue weighted by Gasteiger charge is -2.31. The molecule has 0 radical (unpaired) electrons. The van der Waals surface area contributed by atoms with Crippen LogP contribution in [0.3, 0.4) is 0 Å². The van der Waals surface area contributed by atoms with E-state index in [0.717, 1.165) is 0 Å². The van der Waals surface area contributed by atoms with Gasteiger partial charge >= 0.3 is 0 Å². The highest BCUT2D eigenvalue weighted by molar-refractivity contribution is 8.00. The molecular formula is C15H21NOS. The van der Waals surface area contributed by atoms with E-state index >= 15 is 0 Å². The highest BCUT2D eigenvalue weighted by Gasteiger charge is 2.21. The van der Waals surface area contributed by atoms with Crippen LogP contribution in [-0.2, 0) is 4.79 Å². The molecule has 98 valence electrons. The fourth-order valence-corrected chi connectivity index (χ4v) is 3.28. The van der Waals surface area contributed by atoms with Crippen molar-refractivity contribution in [1.29, 1.82) is 0 Å². The van der Waals surface area contributed by atoms with E-state index in [4.69, 9.17) is 0 Å². The average molecular weight is 263 g/mol. The molecule has 0 heterocycles. The monoisotopic (exact) mass is 263 g/mol. The zero-order valence-electron chi connectivity index (χ0n) is 11.0. The highest BCUT2D eigenvalue weighted by Crippen LogP contribution is 2.23. The van der Waals surface area contributed by atoms with Crippen molar-refractivity contribution in [2.75, 3.05) is 12.8 Å². The van der Waals surface area contributed by atoms with Crippen LogP contribution < -0.4 is 0 Å². The van der Waals surface area contributed by atoms with E-state index < -0.39 is 0 Å². The van der Waals surface area contributed by atoms with Gasteiger partial charge < -0.3 is 4.90 Å². The van der Waals surface area contributed by atoms with Gasteiger partial charge in [0.05, 0.1) is 5.75 Å². The Bertz CT molecular complexity index is 373.